The largest absolute Gasteiger partial charge is 0.374 e. The van der Waals surface area contributed by atoms with Crippen molar-refractivity contribution in [3.63, 3.8) is 0 Å². The highest BCUT2D eigenvalue weighted by Gasteiger charge is 2.39. The van der Waals surface area contributed by atoms with Gasteiger partial charge in [0.15, 0.2) is 23.3 Å². The Hall–Kier alpha value is -5.28. The van der Waals surface area contributed by atoms with Crippen molar-refractivity contribution in [2.45, 2.75) is 151 Å². The lowest BCUT2D eigenvalue weighted by molar-refractivity contribution is 0.00121. The first kappa shape index (κ1) is 69.5. The van der Waals surface area contributed by atoms with Crippen LogP contribution in [0.1, 0.15) is 81.1 Å². The second-order valence-electron chi connectivity index (χ2n) is 21.4. The quantitative estimate of drug-likeness (QED) is 0.114. The number of nitrogens with zero attached hydrogens (tertiary/aromatic N) is 12. The third-order valence-electron chi connectivity index (χ3n) is 12.8. The summed E-state index contributed by atoms with van der Waals surface area (Å²) in [4.78, 5) is 37.7. The lowest BCUT2D eigenvalue weighted by Gasteiger charge is -2.37. The van der Waals surface area contributed by atoms with Gasteiger partial charge in [-0.15, -0.1) is 0 Å². The molecule has 8 N–H and O–H groups in total. The Bertz CT molecular complexity index is 2740. The van der Waals surface area contributed by atoms with Crippen LogP contribution < -0.4 is 40.2 Å². The Morgan fingerprint density at radius 2 is 0.500 bits per heavy atom. The average molecular weight is 1270 g/mol. The highest BCUT2D eigenvalue weighted by Crippen LogP contribution is 2.27. The second-order valence-corrected chi connectivity index (χ2v) is 28.8. The van der Waals surface area contributed by atoms with Gasteiger partial charge in [-0.3, -0.25) is 0 Å². The number of sulfonamides is 4. The van der Waals surface area contributed by atoms with Gasteiger partial charge in [-0.05, 0) is 81.1 Å². The van der Waals surface area contributed by atoms with Gasteiger partial charge in [0.2, 0.25) is 63.9 Å². The number of hydrogen-bond donors (Lipinski definition) is 4. The Balaban J connectivity index is 0.000000205. The molecule has 4 aromatic heterocycles. The fourth-order valence-corrected chi connectivity index (χ4v) is 12.9. The fraction of sp³-hybridized carbons (Fsp3) is 0.667. The molecule has 0 aromatic carbocycles. The number of rotatable bonds is 16. The summed E-state index contributed by atoms with van der Waals surface area (Å²) in [6.07, 6.45) is 8.33. The van der Waals surface area contributed by atoms with E-state index in [0.717, 1.165) is 49.6 Å². The van der Waals surface area contributed by atoms with E-state index in [9.17, 15) is 51.2 Å². The second kappa shape index (κ2) is 30.4. The van der Waals surface area contributed by atoms with Crippen molar-refractivity contribution in [3.05, 3.63) is 72.8 Å². The third kappa shape index (κ3) is 22.9. The van der Waals surface area contributed by atoms with Gasteiger partial charge in [0.1, 0.15) is 0 Å². The number of primary sulfonamides is 4. The predicted octanol–water partition coefficient (Wildman–Crippen LogP) is 1.11. The molecule has 36 heteroatoms. The van der Waals surface area contributed by atoms with E-state index in [0.29, 0.717) is 51.9 Å². The van der Waals surface area contributed by atoms with E-state index in [1.807, 2.05) is 55.4 Å². The zero-order valence-electron chi connectivity index (χ0n) is 47.8. The van der Waals surface area contributed by atoms with Crippen LogP contribution in [0.3, 0.4) is 0 Å². The average Bonchev–Trinajstić information content (AvgIpc) is 3.25. The van der Waals surface area contributed by atoms with Gasteiger partial charge in [0, 0.05) is 52.4 Å². The van der Waals surface area contributed by atoms with Crippen molar-refractivity contribution >= 4 is 63.9 Å². The van der Waals surface area contributed by atoms with E-state index < -0.39 is 84.4 Å². The minimum atomic E-state index is -3.69. The zero-order valence-corrected chi connectivity index (χ0v) is 51.0. The highest BCUT2D eigenvalue weighted by atomic mass is 32.2. The molecule has 0 aliphatic carbocycles. The minimum absolute atomic E-state index is 0.0368. The summed E-state index contributed by atoms with van der Waals surface area (Å²) in [5, 5.41) is 18.0. The van der Waals surface area contributed by atoms with Crippen LogP contribution in [0.2, 0.25) is 0 Å². The summed E-state index contributed by atoms with van der Waals surface area (Å²) in [5.74, 6) is -1.13. The lowest BCUT2D eigenvalue weighted by atomic mass is 10.1. The van der Waals surface area contributed by atoms with Crippen molar-refractivity contribution in [2.24, 2.45) is 20.6 Å². The van der Waals surface area contributed by atoms with Gasteiger partial charge >= 0.3 is 0 Å². The van der Waals surface area contributed by atoms with Gasteiger partial charge in [0.25, 0.3) is 0 Å². The molecule has 4 fully saturated rings. The summed E-state index contributed by atoms with van der Waals surface area (Å²) in [7, 11) is -14.8. The van der Waals surface area contributed by atoms with Crippen molar-refractivity contribution in [1.29, 1.82) is 0 Å². The third-order valence-corrected chi connectivity index (χ3v) is 17.9. The Labute approximate surface area is 488 Å². The number of piperidine rings is 4. The first-order valence-corrected chi connectivity index (χ1v) is 33.0. The molecule has 8 atom stereocenters. The van der Waals surface area contributed by atoms with E-state index >= 15 is 0 Å². The van der Waals surface area contributed by atoms with Crippen LogP contribution in [0.4, 0.5) is 41.4 Å². The van der Waals surface area contributed by atoms with Gasteiger partial charge < -0.3 is 38.5 Å². The van der Waals surface area contributed by atoms with E-state index in [-0.39, 0.29) is 98.8 Å². The first-order valence-electron chi connectivity index (χ1n) is 26.6. The fourth-order valence-electron chi connectivity index (χ4n) is 9.45. The number of nitrogens with two attached hydrogens (primary N) is 4. The summed E-state index contributed by atoms with van der Waals surface area (Å²) >= 11 is 0. The van der Waals surface area contributed by atoms with Crippen molar-refractivity contribution in [3.8, 4) is 0 Å². The number of hydrogen-bond acceptors (Lipinski definition) is 24. The molecule has 0 saturated carbocycles. The van der Waals surface area contributed by atoms with Gasteiger partial charge in [-0.2, -0.15) is 0 Å². The molecule has 84 heavy (non-hydrogen) atoms. The summed E-state index contributed by atoms with van der Waals surface area (Å²) in [6, 6.07) is 0. The van der Waals surface area contributed by atoms with Gasteiger partial charge in [0.05, 0.1) is 119 Å². The lowest BCUT2D eigenvalue weighted by Crippen LogP contribution is -2.52. The molecule has 472 valence electrons. The van der Waals surface area contributed by atoms with Crippen LogP contribution in [0.25, 0.3) is 0 Å². The molecular formula is C48H76F4N16O12S4. The molecule has 28 nitrogen and oxygen atoms in total. The monoisotopic (exact) mass is 1270 g/mol. The molecule has 0 spiro atoms. The van der Waals surface area contributed by atoms with E-state index in [2.05, 4.69) is 39.9 Å². The van der Waals surface area contributed by atoms with Crippen LogP contribution in [-0.4, -0.2) is 196 Å². The van der Waals surface area contributed by atoms with Crippen LogP contribution in [-0.2, 0) is 59.0 Å². The first-order chi connectivity index (χ1) is 39.0. The Kier molecular flexibility index (Phi) is 25.1. The Morgan fingerprint density at radius 3 is 0.631 bits per heavy atom. The SMILES string of the molecule is CC(C)O[C@@H]1C[C@@H](S(N)(=O)=O)CN(c2ncc(F)cn2)C1.CC(C)O[C@@H]1C[C@H](S(N)(=O)=O)CN(c2ncc(F)cn2)C1.CC(C)O[C@H]1C[C@@H](S(N)(=O)=O)CN(c2ncc(F)cn2)C1.CC(C)O[C@H]1C[C@H](S(N)(=O)=O)CN(c2ncc(F)cn2)C1. The van der Waals surface area contributed by atoms with E-state index in [1.54, 1.807) is 19.6 Å². The van der Waals surface area contributed by atoms with Crippen molar-refractivity contribution < 1.29 is 70.2 Å². The molecular weight excluding hydrogens is 1200 g/mol. The minimum Gasteiger partial charge on any atom is -0.374 e. The Morgan fingerprint density at radius 1 is 0.345 bits per heavy atom. The standard InChI is InChI=1S/4C12H19FN4O3S/c4*1-8(2)20-10-3-11(21(14,18)19)7-17(6-10)12-15-4-9(13)5-16-12/h4*4-5,8,10-11H,3,6-7H2,1-2H3,(H2,14,18,19)/t2*10-,11+;2*10-,11-/m1010/s1. The number of anilines is 4. The number of ether oxygens (including phenoxy) is 4. The topological polar surface area (TPSA) is 394 Å². The number of halogens is 4. The molecule has 8 heterocycles. The predicted molar refractivity (Wildman–Crippen MR) is 303 cm³/mol. The van der Waals surface area contributed by atoms with E-state index in [4.69, 9.17) is 39.5 Å². The van der Waals surface area contributed by atoms with Crippen LogP contribution in [0.15, 0.2) is 49.6 Å². The molecule has 0 amide bonds. The maximum absolute atomic E-state index is 12.9. The molecule has 4 aromatic rings. The molecule has 0 unspecified atom stereocenters. The molecule has 4 aliphatic rings. The smallest absolute Gasteiger partial charge is 0.225 e. The molecule has 4 saturated heterocycles. The normalized spacial score (nSPS) is 23.6. The summed E-state index contributed by atoms with van der Waals surface area (Å²) in [6.45, 7) is 17.4. The molecule has 4 aliphatic heterocycles. The maximum atomic E-state index is 12.9. The summed E-state index contributed by atoms with van der Waals surface area (Å²) < 4.78 is 167. The summed E-state index contributed by atoms with van der Waals surface area (Å²) in [5.41, 5.74) is 0. The zero-order chi connectivity index (χ0) is 62.5. The van der Waals surface area contributed by atoms with Crippen LogP contribution in [0.5, 0.6) is 0 Å². The molecule has 8 rings (SSSR count). The molecule has 0 bridgehead atoms. The molecule has 0 radical (unpaired) electrons. The van der Waals surface area contributed by atoms with Crippen molar-refractivity contribution in [1.82, 2.24) is 39.9 Å². The van der Waals surface area contributed by atoms with Crippen LogP contribution >= 0.6 is 0 Å². The number of aromatic nitrogens is 8. The van der Waals surface area contributed by atoms with E-state index in [1.165, 1.54) is 0 Å². The van der Waals surface area contributed by atoms with Gasteiger partial charge in [-0.1, -0.05) is 0 Å². The van der Waals surface area contributed by atoms with Crippen molar-refractivity contribution in [2.75, 3.05) is 72.0 Å². The van der Waals surface area contributed by atoms with Gasteiger partial charge in [-0.25, -0.2) is 112 Å². The highest BCUT2D eigenvalue weighted by molar-refractivity contribution is 7.90. The van der Waals surface area contributed by atoms with Crippen LogP contribution in [0, 0.1) is 23.3 Å². The maximum Gasteiger partial charge on any atom is 0.225 e.